The van der Waals surface area contributed by atoms with Crippen molar-refractivity contribution < 1.29 is 34.4 Å². The predicted molar refractivity (Wildman–Crippen MR) is 206 cm³/mol. The molecule has 0 aliphatic heterocycles. The van der Waals surface area contributed by atoms with Crippen molar-refractivity contribution in [2.75, 3.05) is 0 Å². The topological polar surface area (TPSA) is 50.2 Å². The average Bonchev–Trinajstić information content (AvgIpc) is 3.42. The van der Waals surface area contributed by atoms with Crippen LogP contribution in [-0.2, 0) is 30.3 Å². The number of rotatable bonds is 10. The molecule has 0 fully saturated rings. The third-order valence-corrected chi connectivity index (χ3v) is 18.5. The Morgan fingerprint density at radius 2 is 1.51 bits per heavy atom. The molecule has 0 saturated heterocycles. The molecular weight excluding hydrogens is 869 g/mol. The molecule has 2 aromatic heterocycles. The fraction of sp³-hybridized carbons (Fsp3) is 0.381. The molecule has 0 atom stereocenters. The van der Waals surface area contributed by atoms with E-state index >= 15 is 4.39 Å². The van der Waals surface area contributed by atoms with Crippen LogP contribution in [-0.4, -0.2) is 38.5 Å². The van der Waals surface area contributed by atoms with E-state index in [9.17, 15) is 9.90 Å². The fourth-order valence-electron chi connectivity index (χ4n) is 6.33. The van der Waals surface area contributed by atoms with Gasteiger partial charge >= 0.3 is 203 Å². The number of aliphatic hydroxyl groups is 1. The predicted octanol–water partition coefficient (Wildman–Crippen LogP) is 10.0. The molecule has 0 bridgehead atoms. The molecule has 0 aliphatic carbocycles. The largest absolute Gasteiger partial charge is 0.512 e. The summed E-state index contributed by atoms with van der Waals surface area (Å²) in [6.45, 7) is 19.3. The van der Waals surface area contributed by atoms with Crippen molar-refractivity contribution in [3.63, 3.8) is 0 Å². The van der Waals surface area contributed by atoms with E-state index in [4.69, 9.17) is 4.98 Å². The van der Waals surface area contributed by atoms with Gasteiger partial charge in [-0.3, -0.25) is 4.79 Å². The summed E-state index contributed by atoms with van der Waals surface area (Å²) >= 11 is -0.101. The number of hydrogen-bond acceptors (Lipinski definition) is 3. The molecule has 7 heteroatoms. The third kappa shape index (κ3) is 9.17. The second-order valence-electron chi connectivity index (χ2n) is 14.2. The van der Waals surface area contributed by atoms with Gasteiger partial charge in [0.15, 0.2) is 5.78 Å². The standard InChI is InChI=1S/C29H27FNSeSi.C13H24O2.Ir/c1-29(2,3)24-18-20(17-19-11-9-10-14-22(19)24)26-27-23(15-16-31-26)25(30)28(32-27)33(4,5)21-12-7-6-8-13-21;1-5-10(6-2)12(14)9-13(15)11(7-3)8-4;/h6-16,18H,1-5H3;9-11,14H,5-8H2,1-4H3;/q-1;;/b;12-9-;. The van der Waals surface area contributed by atoms with E-state index < -0.39 is 8.07 Å². The van der Waals surface area contributed by atoms with Crippen molar-refractivity contribution in [3.05, 3.63) is 102 Å². The Balaban J connectivity index is 0.000000347. The molecule has 263 valence electrons. The fourth-order valence-corrected chi connectivity index (χ4v) is 13.4. The molecule has 0 aliphatic rings. The van der Waals surface area contributed by atoms with Crippen molar-refractivity contribution in [1.82, 2.24) is 4.98 Å². The van der Waals surface area contributed by atoms with Crippen molar-refractivity contribution in [2.45, 2.75) is 92.7 Å². The van der Waals surface area contributed by atoms with Gasteiger partial charge in [-0.2, -0.15) is 0 Å². The van der Waals surface area contributed by atoms with Gasteiger partial charge in [0.2, 0.25) is 0 Å². The molecule has 3 aromatic carbocycles. The number of ketones is 1. The van der Waals surface area contributed by atoms with E-state index in [-0.39, 0.29) is 69.2 Å². The van der Waals surface area contributed by atoms with Crippen LogP contribution in [0.5, 0.6) is 0 Å². The Bertz CT molecular complexity index is 1890. The third-order valence-electron chi connectivity index (χ3n) is 9.53. The zero-order valence-corrected chi connectivity index (χ0v) is 35.5. The van der Waals surface area contributed by atoms with Gasteiger partial charge in [-0.05, 0) is 25.7 Å². The summed E-state index contributed by atoms with van der Waals surface area (Å²) < 4.78 is 17.9. The summed E-state index contributed by atoms with van der Waals surface area (Å²) in [6.07, 6.45) is 6.66. The first kappa shape index (κ1) is 40.8. The second-order valence-corrected chi connectivity index (χ2v) is 21.4. The number of aromatic nitrogens is 1. The van der Waals surface area contributed by atoms with Gasteiger partial charge < -0.3 is 5.11 Å². The van der Waals surface area contributed by atoms with Crippen molar-refractivity contribution in [1.29, 1.82) is 0 Å². The van der Waals surface area contributed by atoms with Gasteiger partial charge in [0.05, 0.1) is 5.76 Å². The first-order valence-electron chi connectivity index (χ1n) is 17.3. The minimum atomic E-state index is -2.12. The molecular formula is C42H51FIrNO2SeSi-. The maximum atomic E-state index is 15.9. The number of nitrogens with zero attached hydrogens (tertiary/aromatic N) is 1. The van der Waals surface area contributed by atoms with Crippen LogP contribution >= 0.6 is 0 Å². The van der Waals surface area contributed by atoms with E-state index in [2.05, 4.69) is 94.5 Å². The normalized spacial score (nSPS) is 12.3. The van der Waals surface area contributed by atoms with Gasteiger partial charge in [-0.15, -0.1) is 0 Å². The quantitative estimate of drug-likeness (QED) is 0.0658. The molecule has 1 radical (unpaired) electrons. The Morgan fingerprint density at radius 3 is 2.10 bits per heavy atom. The van der Waals surface area contributed by atoms with Crippen LogP contribution in [0.4, 0.5) is 4.39 Å². The van der Waals surface area contributed by atoms with Crippen LogP contribution in [0.3, 0.4) is 0 Å². The number of allylic oxidation sites excluding steroid dienone is 2. The Labute approximate surface area is 313 Å². The van der Waals surface area contributed by atoms with Gasteiger partial charge in [0.25, 0.3) is 0 Å². The van der Waals surface area contributed by atoms with E-state index in [0.29, 0.717) is 0 Å². The maximum Gasteiger partial charge on any atom is 0.162 e. The van der Waals surface area contributed by atoms with Gasteiger partial charge in [-0.1, -0.05) is 27.7 Å². The Morgan fingerprint density at radius 1 is 0.918 bits per heavy atom. The Hall–Kier alpha value is -2.66. The van der Waals surface area contributed by atoms with Crippen molar-refractivity contribution in [2.24, 2.45) is 11.8 Å². The minimum absolute atomic E-state index is 0. The summed E-state index contributed by atoms with van der Waals surface area (Å²) in [5.41, 5.74) is 3.09. The number of pyridine rings is 1. The Kier molecular flexibility index (Phi) is 14.6. The molecule has 1 N–H and O–H groups in total. The summed E-state index contributed by atoms with van der Waals surface area (Å²) in [6, 6.07) is 26.5. The van der Waals surface area contributed by atoms with Crippen LogP contribution in [0.2, 0.25) is 13.1 Å². The van der Waals surface area contributed by atoms with Gasteiger partial charge in [-0.25, -0.2) is 0 Å². The summed E-state index contributed by atoms with van der Waals surface area (Å²) in [4.78, 5) is 16.5. The SMILES string of the molecule is CC(C)(C)c1cc(-c2nccc3c(F)c([Si](C)(C)c4ccccc4)[se]c23)[c-]c2ccccc12.CCC(CC)C(=O)/C=C(\O)C(CC)CC.[Ir]. The summed E-state index contributed by atoms with van der Waals surface area (Å²) in [5.74, 6) is 0.525. The van der Waals surface area contributed by atoms with Crippen LogP contribution in [0.1, 0.15) is 79.7 Å². The number of hydrogen-bond donors (Lipinski definition) is 1. The molecule has 2 heterocycles. The van der Waals surface area contributed by atoms with Gasteiger partial charge in [0.1, 0.15) is 0 Å². The molecule has 0 saturated carbocycles. The number of aliphatic hydroxyl groups excluding tert-OH is 1. The second kappa shape index (κ2) is 17.5. The molecule has 5 aromatic rings. The summed E-state index contributed by atoms with van der Waals surface area (Å²) in [7, 11) is -2.12. The molecule has 0 spiro atoms. The first-order chi connectivity index (χ1) is 22.8. The summed E-state index contributed by atoms with van der Waals surface area (Å²) in [5, 5.41) is 14.1. The first-order valence-corrected chi connectivity index (χ1v) is 22.0. The molecule has 5 rings (SSSR count). The number of fused-ring (bicyclic) bond motifs is 2. The zero-order valence-electron chi connectivity index (χ0n) is 30.4. The number of carbonyl (C=O) groups excluding carboxylic acids is 1. The molecule has 0 unspecified atom stereocenters. The number of benzene rings is 3. The number of carbonyl (C=O) groups is 1. The van der Waals surface area contributed by atoms with Crippen LogP contribution < -0.4 is 9.25 Å². The molecule has 49 heavy (non-hydrogen) atoms. The van der Waals surface area contributed by atoms with Crippen LogP contribution in [0.25, 0.3) is 31.7 Å². The van der Waals surface area contributed by atoms with E-state index in [0.717, 1.165) is 56.0 Å². The van der Waals surface area contributed by atoms with Crippen molar-refractivity contribution >= 4 is 58.0 Å². The number of halogens is 1. The minimum Gasteiger partial charge on any atom is -0.512 e. The van der Waals surface area contributed by atoms with Gasteiger partial charge in [0, 0.05) is 38.0 Å². The van der Waals surface area contributed by atoms with E-state index in [1.165, 1.54) is 22.2 Å². The monoisotopic (exact) mass is 921 g/mol. The van der Waals surface area contributed by atoms with Crippen molar-refractivity contribution in [3.8, 4) is 11.3 Å². The molecule has 0 amide bonds. The van der Waals surface area contributed by atoms with Crippen LogP contribution in [0, 0.1) is 23.7 Å². The molecule has 3 nitrogen and oxygen atoms in total. The van der Waals surface area contributed by atoms with Crippen LogP contribution in [0.15, 0.2) is 84.8 Å². The maximum absolute atomic E-state index is 15.9. The van der Waals surface area contributed by atoms with E-state index in [1.54, 1.807) is 6.20 Å². The zero-order chi connectivity index (χ0) is 35.2. The van der Waals surface area contributed by atoms with E-state index in [1.807, 2.05) is 39.8 Å². The average molecular weight is 920 g/mol. The smallest absolute Gasteiger partial charge is 0.162 e.